The van der Waals surface area contributed by atoms with Crippen molar-refractivity contribution >= 4 is 33.2 Å². The van der Waals surface area contributed by atoms with E-state index in [2.05, 4.69) is 0 Å². The van der Waals surface area contributed by atoms with Gasteiger partial charge in [-0.2, -0.15) is 0 Å². The molecule has 1 rings (SSSR count). The normalized spacial score (nSPS) is 11.4. The van der Waals surface area contributed by atoms with Crippen molar-refractivity contribution in [1.82, 2.24) is 4.72 Å². The Balaban J connectivity index is 3.33. The molecule has 0 aliphatic heterocycles. The molecule has 0 aliphatic rings. The molecular formula is C11H13ClN2O5S. The highest BCUT2D eigenvalue weighted by Crippen LogP contribution is 2.29. The van der Waals surface area contributed by atoms with Gasteiger partial charge in [0.25, 0.3) is 15.7 Å². The van der Waals surface area contributed by atoms with Gasteiger partial charge >= 0.3 is 0 Å². The minimum atomic E-state index is -4.19. The van der Waals surface area contributed by atoms with Gasteiger partial charge in [0.05, 0.1) is 14.8 Å². The lowest BCUT2D eigenvalue weighted by Gasteiger charge is -2.10. The van der Waals surface area contributed by atoms with Gasteiger partial charge in [0.1, 0.15) is 0 Å². The topological polar surface area (TPSA) is 106 Å². The summed E-state index contributed by atoms with van der Waals surface area (Å²) in [6, 6.07) is 1.94. The number of carbonyl (C=O) groups excluding carboxylic acids is 1. The van der Waals surface area contributed by atoms with E-state index in [4.69, 9.17) is 11.6 Å². The Labute approximate surface area is 121 Å². The number of nitrogens with one attached hydrogen (secondary N) is 1. The summed E-state index contributed by atoms with van der Waals surface area (Å²) in [4.78, 5) is 21.1. The van der Waals surface area contributed by atoms with E-state index in [1.165, 1.54) is 20.8 Å². The summed E-state index contributed by atoms with van der Waals surface area (Å²) in [6.45, 7) is 4.45. The van der Waals surface area contributed by atoms with Crippen LogP contribution in [-0.4, -0.2) is 19.2 Å². The first-order valence-corrected chi connectivity index (χ1v) is 7.43. The number of nitro groups is 1. The molecule has 0 saturated carbocycles. The molecule has 1 aromatic carbocycles. The zero-order chi connectivity index (χ0) is 15.7. The number of nitro benzene ring substituents is 1. The number of sulfonamides is 1. The minimum Gasteiger partial charge on any atom is -0.274 e. The van der Waals surface area contributed by atoms with E-state index in [9.17, 15) is 23.3 Å². The fourth-order valence-corrected chi connectivity index (χ4v) is 2.73. The van der Waals surface area contributed by atoms with Crippen LogP contribution in [0.25, 0.3) is 0 Å². The van der Waals surface area contributed by atoms with E-state index in [0.29, 0.717) is 0 Å². The van der Waals surface area contributed by atoms with E-state index in [1.54, 1.807) is 0 Å². The summed E-state index contributed by atoms with van der Waals surface area (Å²) in [5.74, 6) is -1.25. The zero-order valence-corrected chi connectivity index (χ0v) is 12.6. The molecule has 110 valence electrons. The first kappa shape index (κ1) is 16.4. The highest BCUT2D eigenvalue weighted by Gasteiger charge is 2.24. The summed E-state index contributed by atoms with van der Waals surface area (Å²) in [7, 11) is -4.19. The molecule has 0 radical (unpaired) electrons. The van der Waals surface area contributed by atoms with Crippen molar-refractivity contribution in [3.8, 4) is 0 Å². The molecule has 0 bridgehead atoms. The maximum atomic E-state index is 12.0. The predicted molar refractivity (Wildman–Crippen MR) is 73.0 cm³/mol. The van der Waals surface area contributed by atoms with Gasteiger partial charge in [0.2, 0.25) is 5.91 Å². The molecule has 1 aromatic rings. The van der Waals surface area contributed by atoms with Crippen LogP contribution in [0.3, 0.4) is 0 Å². The van der Waals surface area contributed by atoms with Gasteiger partial charge < -0.3 is 0 Å². The molecule has 0 saturated heterocycles. The first-order valence-electron chi connectivity index (χ1n) is 5.57. The van der Waals surface area contributed by atoms with Crippen LogP contribution < -0.4 is 4.72 Å². The van der Waals surface area contributed by atoms with Gasteiger partial charge in [-0.05, 0) is 13.0 Å². The second-order valence-corrected chi connectivity index (χ2v) is 6.52. The Hall–Kier alpha value is -1.67. The fraction of sp³-hybridized carbons (Fsp3) is 0.364. The molecule has 0 spiro atoms. The predicted octanol–water partition coefficient (Wildman–Crippen LogP) is 2.02. The van der Waals surface area contributed by atoms with Crippen LogP contribution in [0.5, 0.6) is 0 Å². The average molecular weight is 321 g/mol. The second-order valence-electron chi connectivity index (χ2n) is 4.43. The molecule has 0 heterocycles. The second kappa shape index (κ2) is 5.76. The number of hydrogen-bond acceptors (Lipinski definition) is 5. The van der Waals surface area contributed by atoms with Crippen LogP contribution in [0.4, 0.5) is 5.69 Å². The summed E-state index contributed by atoms with van der Waals surface area (Å²) in [5, 5.41) is 10.8. The number of hydrogen-bond donors (Lipinski definition) is 1. The van der Waals surface area contributed by atoms with E-state index in [0.717, 1.165) is 12.1 Å². The maximum Gasteiger partial charge on any atom is 0.275 e. The number of benzene rings is 1. The van der Waals surface area contributed by atoms with Crippen LogP contribution in [0.2, 0.25) is 5.02 Å². The summed E-state index contributed by atoms with van der Waals surface area (Å²) in [5.41, 5.74) is -0.263. The van der Waals surface area contributed by atoms with Crippen molar-refractivity contribution in [2.45, 2.75) is 25.7 Å². The molecule has 20 heavy (non-hydrogen) atoms. The number of halogens is 1. The molecule has 1 amide bonds. The van der Waals surface area contributed by atoms with Gasteiger partial charge in [-0.15, -0.1) is 0 Å². The largest absolute Gasteiger partial charge is 0.275 e. The highest BCUT2D eigenvalue weighted by atomic mass is 35.5. The quantitative estimate of drug-likeness (QED) is 0.674. The Morgan fingerprint density at radius 3 is 2.40 bits per heavy atom. The lowest BCUT2D eigenvalue weighted by Crippen LogP contribution is -2.33. The standard InChI is InChI=1S/C11H13ClN2O5S/c1-6(2)11(15)13-20(18,19)8-4-9(12)7(3)10(5-8)14(16)17/h4-6H,1-3H3,(H,13,15). The highest BCUT2D eigenvalue weighted by molar-refractivity contribution is 7.90. The van der Waals surface area contributed by atoms with Crippen molar-refractivity contribution in [2.75, 3.05) is 0 Å². The fourth-order valence-electron chi connectivity index (χ4n) is 1.29. The smallest absolute Gasteiger partial charge is 0.274 e. The van der Waals surface area contributed by atoms with Gasteiger partial charge in [-0.25, -0.2) is 13.1 Å². The van der Waals surface area contributed by atoms with Crippen molar-refractivity contribution in [3.63, 3.8) is 0 Å². The van der Waals surface area contributed by atoms with Crippen LogP contribution in [-0.2, 0) is 14.8 Å². The third kappa shape index (κ3) is 3.45. The molecule has 9 heteroatoms. The number of nitrogens with zero attached hydrogens (tertiary/aromatic N) is 1. The van der Waals surface area contributed by atoms with Gasteiger partial charge in [-0.3, -0.25) is 14.9 Å². The Kier molecular flexibility index (Phi) is 4.72. The zero-order valence-electron chi connectivity index (χ0n) is 11.0. The van der Waals surface area contributed by atoms with E-state index in [-0.39, 0.29) is 10.6 Å². The molecule has 0 aliphatic carbocycles. The number of rotatable bonds is 4. The number of amides is 1. The van der Waals surface area contributed by atoms with Crippen LogP contribution in [0.15, 0.2) is 17.0 Å². The molecule has 0 aromatic heterocycles. The number of carbonyl (C=O) groups is 1. The molecule has 0 atom stereocenters. The van der Waals surface area contributed by atoms with Crippen molar-refractivity contribution in [1.29, 1.82) is 0 Å². The third-order valence-corrected chi connectivity index (χ3v) is 4.28. The Morgan fingerprint density at radius 2 is 1.95 bits per heavy atom. The SMILES string of the molecule is Cc1c(Cl)cc(S(=O)(=O)NC(=O)C(C)C)cc1[N+](=O)[O-]. The molecular weight excluding hydrogens is 308 g/mol. The van der Waals surface area contributed by atoms with Crippen molar-refractivity contribution in [3.05, 3.63) is 32.8 Å². The van der Waals surface area contributed by atoms with Crippen LogP contribution in [0.1, 0.15) is 19.4 Å². The summed E-state index contributed by atoms with van der Waals surface area (Å²) < 4.78 is 25.8. The van der Waals surface area contributed by atoms with Gasteiger partial charge in [0, 0.05) is 17.5 Å². The van der Waals surface area contributed by atoms with E-state index < -0.39 is 37.4 Å². The molecule has 0 fully saturated rings. The van der Waals surface area contributed by atoms with E-state index >= 15 is 0 Å². The minimum absolute atomic E-state index is 0.0587. The Morgan fingerprint density at radius 1 is 1.40 bits per heavy atom. The first-order chi connectivity index (χ1) is 9.06. The lowest BCUT2D eigenvalue weighted by molar-refractivity contribution is -0.385. The molecule has 7 nitrogen and oxygen atoms in total. The lowest BCUT2D eigenvalue weighted by atomic mass is 10.2. The summed E-state index contributed by atoms with van der Waals surface area (Å²) in [6.07, 6.45) is 0. The van der Waals surface area contributed by atoms with Gasteiger partial charge in [-0.1, -0.05) is 25.4 Å². The van der Waals surface area contributed by atoms with E-state index in [1.807, 2.05) is 4.72 Å². The average Bonchev–Trinajstić information content (AvgIpc) is 2.31. The van der Waals surface area contributed by atoms with Crippen molar-refractivity contribution in [2.24, 2.45) is 5.92 Å². The van der Waals surface area contributed by atoms with Crippen LogP contribution >= 0.6 is 11.6 Å². The molecule has 1 N–H and O–H groups in total. The van der Waals surface area contributed by atoms with Crippen molar-refractivity contribution < 1.29 is 18.1 Å². The Bertz CT molecular complexity index is 670. The molecule has 0 unspecified atom stereocenters. The van der Waals surface area contributed by atoms with Crippen LogP contribution in [0, 0.1) is 23.0 Å². The maximum absolute atomic E-state index is 12.0. The third-order valence-electron chi connectivity index (χ3n) is 2.56. The monoisotopic (exact) mass is 320 g/mol. The van der Waals surface area contributed by atoms with Gasteiger partial charge in [0.15, 0.2) is 0 Å². The summed E-state index contributed by atoms with van der Waals surface area (Å²) >= 11 is 5.79.